The number of nitrogens with one attached hydrogen (secondary N) is 1. The Hall–Kier alpha value is -2.76. The van der Waals surface area contributed by atoms with Gasteiger partial charge in [-0.05, 0) is 42.2 Å². The number of pyridine rings is 1. The van der Waals surface area contributed by atoms with Crippen LogP contribution in [0.15, 0.2) is 30.5 Å². The van der Waals surface area contributed by atoms with Gasteiger partial charge in [-0.2, -0.15) is 0 Å². The van der Waals surface area contributed by atoms with Crippen molar-refractivity contribution in [3.05, 3.63) is 53.1 Å². The highest BCUT2D eigenvalue weighted by Gasteiger charge is 2.16. The van der Waals surface area contributed by atoms with E-state index in [1.54, 1.807) is 37.1 Å². The number of carbonyl (C=O) groups excluding carboxylic acids is 2. The molecule has 0 radical (unpaired) electrons. The highest BCUT2D eigenvalue weighted by atomic mass is 19.1. The van der Waals surface area contributed by atoms with Gasteiger partial charge in [0.25, 0.3) is 11.8 Å². The van der Waals surface area contributed by atoms with E-state index in [9.17, 15) is 14.0 Å². The number of hydrogen-bond donors (Lipinski definition) is 1. The molecule has 0 aliphatic carbocycles. The first kappa shape index (κ1) is 19.6. The molecule has 0 atom stereocenters. The predicted octanol–water partition coefficient (Wildman–Crippen LogP) is 3.53. The average molecular weight is 359 g/mol. The zero-order chi connectivity index (χ0) is 19.4. The second-order valence-electron chi connectivity index (χ2n) is 6.72. The summed E-state index contributed by atoms with van der Waals surface area (Å²) >= 11 is 0. The van der Waals surface area contributed by atoms with Gasteiger partial charge in [0.2, 0.25) is 0 Å². The molecule has 0 aliphatic heterocycles. The van der Waals surface area contributed by atoms with Gasteiger partial charge >= 0.3 is 0 Å². The van der Waals surface area contributed by atoms with Gasteiger partial charge in [0.1, 0.15) is 11.5 Å². The van der Waals surface area contributed by atoms with Crippen LogP contribution < -0.4 is 5.32 Å². The summed E-state index contributed by atoms with van der Waals surface area (Å²) in [6, 6.07) is 6.18. The van der Waals surface area contributed by atoms with Crippen LogP contribution in [0.1, 0.15) is 41.7 Å². The molecule has 1 N–H and O–H groups in total. The van der Waals surface area contributed by atoms with Crippen molar-refractivity contribution in [2.24, 2.45) is 5.92 Å². The molecule has 0 unspecified atom stereocenters. The lowest BCUT2D eigenvalue weighted by Crippen LogP contribution is -2.30. The van der Waals surface area contributed by atoms with E-state index in [4.69, 9.17) is 0 Å². The largest absolute Gasteiger partial charge is 0.355 e. The van der Waals surface area contributed by atoms with E-state index in [1.807, 2.05) is 13.8 Å². The molecule has 2 aromatic rings. The van der Waals surface area contributed by atoms with E-state index in [0.717, 1.165) is 0 Å². The Bertz CT molecular complexity index is 823. The fourth-order valence-electron chi connectivity index (χ4n) is 2.76. The van der Waals surface area contributed by atoms with Crippen LogP contribution in [0.5, 0.6) is 0 Å². The summed E-state index contributed by atoms with van der Waals surface area (Å²) in [4.78, 5) is 30.1. The number of hydrogen-bond acceptors (Lipinski definition) is 3. The summed E-state index contributed by atoms with van der Waals surface area (Å²) in [6.07, 6.45) is 1.53. The average Bonchev–Trinajstić information content (AvgIpc) is 2.62. The fraction of sp³-hybridized carbons (Fsp3) is 0.350. The van der Waals surface area contributed by atoms with E-state index in [1.165, 1.54) is 19.3 Å². The van der Waals surface area contributed by atoms with Crippen molar-refractivity contribution in [2.45, 2.75) is 20.8 Å². The third kappa shape index (κ3) is 4.25. The van der Waals surface area contributed by atoms with Crippen LogP contribution in [0.2, 0.25) is 0 Å². The summed E-state index contributed by atoms with van der Waals surface area (Å²) < 4.78 is 14.2. The minimum absolute atomic E-state index is 0. The lowest BCUT2D eigenvalue weighted by atomic mass is 9.98. The molecule has 0 saturated carbocycles. The maximum absolute atomic E-state index is 14.2. The van der Waals surface area contributed by atoms with Crippen molar-refractivity contribution < 1.29 is 15.4 Å². The van der Waals surface area contributed by atoms with Crippen molar-refractivity contribution in [3.63, 3.8) is 0 Å². The van der Waals surface area contributed by atoms with Gasteiger partial charge in [-0.3, -0.25) is 14.6 Å². The molecule has 1 heterocycles. The van der Waals surface area contributed by atoms with Crippen LogP contribution in [0, 0.1) is 18.7 Å². The summed E-state index contributed by atoms with van der Waals surface area (Å²) in [7, 11) is 3.24. The summed E-state index contributed by atoms with van der Waals surface area (Å²) in [6.45, 7) is 6.36. The quantitative estimate of drug-likeness (QED) is 0.888. The Labute approximate surface area is 154 Å². The zero-order valence-electron chi connectivity index (χ0n) is 15.8. The minimum atomic E-state index is -0.460. The van der Waals surface area contributed by atoms with E-state index < -0.39 is 5.82 Å². The normalized spacial score (nSPS) is 10.7. The smallest absolute Gasteiger partial charge is 0.272 e. The topological polar surface area (TPSA) is 62.3 Å². The standard InChI is InChI=1S/C20H24FN3O2.H2/c1-12(2)11-24(5)20(26)18-7-6-14(10-23-18)16-8-15(19(25)22-4)9-17(21)13(16)3;/h6-10,12H,11H2,1-5H3,(H,22,25);1H. The molecule has 26 heavy (non-hydrogen) atoms. The zero-order valence-corrected chi connectivity index (χ0v) is 15.8. The first-order valence-corrected chi connectivity index (χ1v) is 8.48. The summed E-state index contributed by atoms with van der Waals surface area (Å²) in [5.41, 5.74) is 2.22. The van der Waals surface area contributed by atoms with E-state index in [0.29, 0.717) is 34.8 Å². The molecule has 1 aromatic carbocycles. The van der Waals surface area contributed by atoms with Gasteiger partial charge in [0.15, 0.2) is 0 Å². The molecule has 0 saturated heterocycles. The van der Waals surface area contributed by atoms with Gasteiger partial charge in [-0.1, -0.05) is 19.9 Å². The van der Waals surface area contributed by atoms with Crippen LogP contribution in [-0.2, 0) is 0 Å². The van der Waals surface area contributed by atoms with Crippen LogP contribution in [0.4, 0.5) is 4.39 Å². The Morgan fingerprint density at radius 3 is 2.54 bits per heavy atom. The number of rotatable bonds is 5. The lowest BCUT2D eigenvalue weighted by molar-refractivity contribution is 0.0773. The number of halogens is 1. The third-order valence-corrected chi connectivity index (χ3v) is 4.11. The predicted molar refractivity (Wildman–Crippen MR) is 102 cm³/mol. The van der Waals surface area contributed by atoms with E-state index in [2.05, 4.69) is 10.3 Å². The highest BCUT2D eigenvalue weighted by molar-refractivity contribution is 5.96. The highest BCUT2D eigenvalue weighted by Crippen LogP contribution is 2.26. The SMILES string of the molecule is CNC(=O)c1cc(F)c(C)c(-c2ccc(C(=O)N(C)CC(C)C)nc2)c1.[HH]. The van der Waals surface area contributed by atoms with Gasteiger partial charge in [0, 0.05) is 39.4 Å². The van der Waals surface area contributed by atoms with Crippen LogP contribution in [0.3, 0.4) is 0 Å². The molecule has 2 rings (SSSR count). The molecule has 5 nitrogen and oxygen atoms in total. The first-order chi connectivity index (χ1) is 12.2. The van der Waals surface area contributed by atoms with Crippen molar-refractivity contribution in [1.82, 2.24) is 15.2 Å². The van der Waals surface area contributed by atoms with Gasteiger partial charge in [-0.15, -0.1) is 0 Å². The monoisotopic (exact) mass is 359 g/mol. The second kappa shape index (κ2) is 8.08. The summed E-state index contributed by atoms with van der Waals surface area (Å²) in [5.74, 6) is -0.619. The van der Waals surface area contributed by atoms with Crippen LogP contribution in [-0.4, -0.2) is 42.3 Å². The number of aromatic nitrogens is 1. The van der Waals surface area contributed by atoms with Crippen molar-refractivity contribution in [1.29, 1.82) is 0 Å². The maximum atomic E-state index is 14.2. The maximum Gasteiger partial charge on any atom is 0.272 e. The van der Waals surface area contributed by atoms with E-state index >= 15 is 0 Å². The Morgan fingerprint density at radius 2 is 2.00 bits per heavy atom. The molecule has 0 bridgehead atoms. The van der Waals surface area contributed by atoms with Crippen molar-refractivity contribution in [2.75, 3.05) is 20.6 Å². The molecule has 0 spiro atoms. The number of carbonyl (C=O) groups is 2. The fourth-order valence-corrected chi connectivity index (χ4v) is 2.76. The molecular weight excluding hydrogens is 333 g/mol. The Balaban J connectivity index is 0.00000364. The van der Waals surface area contributed by atoms with Crippen molar-refractivity contribution >= 4 is 11.8 Å². The summed E-state index contributed by atoms with van der Waals surface area (Å²) in [5, 5.41) is 2.49. The number of benzene rings is 1. The Kier molecular flexibility index (Phi) is 6.08. The molecule has 0 aliphatic rings. The van der Waals surface area contributed by atoms with Crippen molar-refractivity contribution in [3.8, 4) is 11.1 Å². The molecule has 140 valence electrons. The molecular formula is C20H26FN3O2. The molecule has 2 amide bonds. The lowest BCUT2D eigenvalue weighted by Gasteiger charge is -2.19. The van der Waals surface area contributed by atoms with E-state index in [-0.39, 0.29) is 18.8 Å². The van der Waals surface area contributed by atoms with Crippen LogP contribution >= 0.6 is 0 Å². The minimum Gasteiger partial charge on any atom is -0.355 e. The molecule has 0 fully saturated rings. The molecule has 1 aromatic heterocycles. The van der Waals surface area contributed by atoms with Gasteiger partial charge in [0.05, 0.1) is 0 Å². The Morgan fingerprint density at radius 1 is 1.31 bits per heavy atom. The number of amides is 2. The number of nitrogens with zero attached hydrogens (tertiary/aromatic N) is 2. The van der Waals surface area contributed by atoms with Crippen LogP contribution in [0.25, 0.3) is 11.1 Å². The second-order valence-corrected chi connectivity index (χ2v) is 6.72. The molecule has 6 heteroatoms. The third-order valence-electron chi connectivity index (χ3n) is 4.11. The van der Waals surface area contributed by atoms with Gasteiger partial charge < -0.3 is 10.2 Å². The first-order valence-electron chi connectivity index (χ1n) is 8.48. The van der Waals surface area contributed by atoms with Gasteiger partial charge in [-0.25, -0.2) is 4.39 Å².